The lowest BCUT2D eigenvalue weighted by Crippen LogP contribution is -2.67. The van der Waals surface area contributed by atoms with Crippen LogP contribution in [0, 0.1) is 51.4 Å². The highest BCUT2D eigenvalue weighted by molar-refractivity contribution is 7.91. The molecular weight excluding hydrogens is 1330 g/mol. The average molecular weight is 1410 g/mol. The summed E-state index contributed by atoms with van der Waals surface area (Å²) in [5, 5.41) is 11.5. The maximum Gasteiger partial charge on any atom is 0.330 e. The molecule has 4 fully saturated rings. The molecule has 10 rings (SSSR count). The molecule has 0 bridgehead atoms. The molecular formula is C64H84N8O20S3Si. The summed E-state index contributed by atoms with van der Waals surface area (Å²) in [7, 11) is -15.6. The number of hydrogen-bond donors (Lipinski definition) is 5. The number of aromatic amines is 4. The van der Waals surface area contributed by atoms with Gasteiger partial charge >= 0.3 is 22.8 Å². The Morgan fingerprint density at radius 1 is 0.448 bits per heavy atom. The van der Waals surface area contributed by atoms with Crippen LogP contribution in [-0.4, -0.2) is 149 Å². The second-order valence-corrected chi connectivity index (χ2v) is 38.1. The van der Waals surface area contributed by atoms with Gasteiger partial charge in [-0.15, -0.1) is 0 Å². The van der Waals surface area contributed by atoms with Crippen molar-refractivity contribution in [1.82, 2.24) is 38.2 Å². The van der Waals surface area contributed by atoms with E-state index in [1.54, 1.807) is 6.92 Å². The summed E-state index contributed by atoms with van der Waals surface area (Å²) in [5.41, 5.74) is -4.88. The monoisotopic (exact) mass is 1410 g/mol. The highest BCUT2D eigenvalue weighted by Gasteiger charge is 2.52. The molecule has 4 aliphatic heterocycles. The molecule has 0 aliphatic carbocycles. The molecule has 4 saturated heterocycles. The van der Waals surface area contributed by atoms with E-state index in [1.165, 1.54) is 50.1 Å². The molecule has 2 aromatic carbocycles. The number of nitrogens with one attached hydrogen (secondary N) is 4. The minimum absolute atomic E-state index is 0.0359. The summed E-state index contributed by atoms with van der Waals surface area (Å²) >= 11 is 0. The highest BCUT2D eigenvalue weighted by atomic mass is 32.2. The fraction of sp³-hybridized carbons (Fsp3) is 0.562. The maximum absolute atomic E-state index is 14.8. The van der Waals surface area contributed by atoms with Gasteiger partial charge in [-0.25, -0.2) is 44.4 Å². The molecule has 0 spiro atoms. The van der Waals surface area contributed by atoms with Gasteiger partial charge in [0, 0.05) is 90.3 Å². The van der Waals surface area contributed by atoms with Gasteiger partial charge in [0.2, 0.25) is 0 Å². The average Bonchev–Trinajstić information content (AvgIpc) is 1.17. The molecule has 96 heavy (non-hydrogen) atoms. The first-order chi connectivity index (χ1) is 45.2. The first-order valence-electron chi connectivity index (χ1n) is 32.1. The molecule has 6 aromatic rings. The van der Waals surface area contributed by atoms with E-state index >= 15 is 0 Å². The third-order valence-corrected chi connectivity index (χ3v) is 29.5. The predicted octanol–water partition coefficient (Wildman–Crippen LogP) is 1.41. The van der Waals surface area contributed by atoms with Gasteiger partial charge in [-0.2, -0.15) is 0 Å². The first-order valence-corrected chi connectivity index (χ1v) is 39.5. The Morgan fingerprint density at radius 3 is 1.00 bits per heavy atom. The van der Waals surface area contributed by atoms with Gasteiger partial charge in [-0.05, 0) is 88.1 Å². The molecule has 0 radical (unpaired) electrons. The lowest BCUT2D eigenvalue weighted by atomic mass is 10.00. The number of aryl methyl sites for hydroxylation is 4. The Kier molecular flexibility index (Phi) is 21.5. The molecule has 4 aliphatic rings. The summed E-state index contributed by atoms with van der Waals surface area (Å²) < 4.78 is 125. The molecule has 32 heteroatoms. The van der Waals surface area contributed by atoms with Gasteiger partial charge in [0.25, 0.3) is 30.6 Å². The summed E-state index contributed by atoms with van der Waals surface area (Å²) in [6.45, 7) is 12.1. The largest absolute Gasteiger partial charge is 0.407 e. The Balaban J connectivity index is 0.874. The van der Waals surface area contributed by atoms with Crippen LogP contribution in [0.5, 0.6) is 0 Å². The van der Waals surface area contributed by atoms with Gasteiger partial charge in [0.1, 0.15) is 24.9 Å². The van der Waals surface area contributed by atoms with E-state index in [4.69, 9.17) is 23.4 Å². The molecule has 5 N–H and O–H groups in total. The number of nitrogens with zero attached hydrogens (tertiary/aromatic N) is 4. The van der Waals surface area contributed by atoms with Crippen molar-refractivity contribution in [3.8, 4) is 0 Å². The third kappa shape index (κ3) is 16.1. The van der Waals surface area contributed by atoms with E-state index in [0.717, 1.165) is 24.1 Å². The number of aromatic nitrogens is 8. The number of rotatable bonds is 26. The van der Waals surface area contributed by atoms with Gasteiger partial charge in [0.05, 0.1) is 58.9 Å². The molecule has 522 valence electrons. The molecule has 8 heterocycles. The molecule has 28 nitrogen and oxygen atoms in total. The van der Waals surface area contributed by atoms with Crippen LogP contribution in [-0.2, 0) is 52.9 Å². The molecule has 0 unspecified atom stereocenters. The Labute approximate surface area is 553 Å². The van der Waals surface area contributed by atoms with E-state index in [-0.39, 0.29) is 86.8 Å². The van der Waals surface area contributed by atoms with Crippen molar-refractivity contribution < 1.29 is 53.7 Å². The van der Waals surface area contributed by atoms with Crippen LogP contribution in [0.2, 0.25) is 5.04 Å². The zero-order valence-corrected chi connectivity index (χ0v) is 58.0. The van der Waals surface area contributed by atoms with E-state index in [1.807, 2.05) is 60.7 Å². The van der Waals surface area contributed by atoms with Crippen LogP contribution in [0.3, 0.4) is 0 Å². The third-order valence-electron chi connectivity index (χ3n) is 19.2. The summed E-state index contributed by atoms with van der Waals surface area (Å²) in [6, 6.07) is 19.9. The zero-order valence-electron chi connectivity index (χ0n) is 54.5. The SMILES string of the molecule is Cc1cn([C@H]2C[C@H](CS(=O)(=O)CC[C@H]3O[C@@H](n4cc(C)c(=O)[nH]c4=O)C[C@@H]3CS(=O)(=O)CC[C@H]3O[C@@H](n4cc(C)c(=O)[nH]c4=O)C[C@@H]3CS(=O)(=O)CC[C@H]3O[C@@H](n4cc(C)c(=O)[nH]c4=O)C[C@@H]3CO[Si](c3ccccc3)(c3ccccc3)C(C)(C)C)[C@@H](CCO)O2)c(=O)[nH]c1=O. The Bertz CT molecular complexity index is 4640. The quantitative estimate of drug-likeness (QED) is 0.0479. The van der Waals surface area contributed by atoms with Crippen molar-refractivity contribution >= 4 is 48.2 Å². The van der Waals surface area contributed by atoms with Crippen molar-refractivity contribution in [2.24, 2.45) is 23.7 Å². The summed E-state index contributed by atoms with van der Waals surface area (Å²) in [6.07, 6.45) is -3.23. The van der Waals surface area contributed by atoms with Gasteiger partial charge in [0.15, 0.2) is 29.5 Å². The molecule has 0 saturated carbocycles. The van der Waals surface area contributed by atoms with Crippen molar-refractivity contribution in [2.75, 3.05) is 47.7 Å². The topological polar surface area (TPSA) is 388 Å². The van der Waals surface area contributed by atoms with Crippen LogP contribution in [0.25, 0.3) is 0 Å². The minimum atomic E-state index is -4.22. The number of H-pyrrole nitrogens is 4. The van der Waals surface area contributed by atoms with Crippen molar-refractivity contribution in [3.63, 3.8) is 0 Å². The van der Waals surface area contributed by atoms with Crippen LogP contribution >= 0.6 is 0 Å². The van der Waals surface area contributed by atoms with E-state index in [9.17, 15) is 68.7 Å². The first kappa shape index (κ1) is 71.8. The number of aliphatic hydroxyl groups excluding tert-OH is 1. The predicted molar refractivity (Wildman–Crippen MR) is 357 cm³/mol. The molecule has 0 amide bonds. The van der Waals surface area contributed by atoms with Crippen LogP contribution in [0.4, 0.5) is 0 Å². The lowest BCUT2D eigenvalue weighted by Gasteiger charge is -2.43. The Morgan fingerprint density at radius 2 is 0.719 bits per heavy atom. The standard InChI is InChI=1S/C64H84N8O20S3Si/c1-38-30-69(60(78)65-56(38)74)52-26-42(34-88-96(64(5,6)7,46-14-10-8-11-15-46)47-16-12-9-13-17-47)49(90-52)19-23-93(82,83)36-44-28-54(71-32-40(3)58(76)67-62(71)80)92-51(44)21-25-95(86,87)37-45-29-55(72-33-41(4)59(77)68-63(72)81)91-50(45)20-24-94(84,85)35-43-27-53(89-48(43)18-22-73)70-31-39(2)57(75)66-61(70)79/h8-17,30-33,42-45,48-55,73H,18-29,34-37H2,1-7H3,(H,65,74,78)(H,66,75,79)(H,67,76,80)(H,68,77,81)/t42-,43-,44-,45-,48-,49-,50-,51-,52-,53-,54-,55-/m1/s1. The number of ether oxygens (including phenoxy) is 4. The number of aliphatic hydroxyl groups is 1. The number of hydrogen-bond acceptors (Lipinski definition) is 20. The second kappa shape index (κ2) is 28.8. The molecule has 4 aromatic heterocycles. The van der Waals surface area contributed by atoms with Crippen molar-refractivity contribution in [3.05, 3.63) is 191 Å². The minimum Gasteiger partial charge on any atom is -0.407 e. The zero-order chi connectivity index (χ0) is 69.4. The van der Waals surface area contributed by atoms with Gasteiger partial charge in [-0.3, -0.25) is 57.4 Å². The number of sulfone groups is 3. The van der Waals surface area contributed by atoms with Crippen LogP contribution in [0.15, 0.2) is 124 Å². The number of benzene rings is 2. The van der Waals surface area contributed by atoms with E-state index < -0.39 is 195 Å². The Hall–Kier alpha value is -7.01. The fourth-order valence-electron chi connectivity index (χ4n) is 14.2. The summed E-state index contributed by atoms with van der Waals surface area (Å²) in [5.74, 6) is -6.21. The van der Waals surface area contributed by atoms with Gasteiger partial charge in [-0.1, -0.05) is 81.4 Å². The summed E-state index contributed by atoms with van der Waals surface area (Å²) in [4.78, 5) is 111. The van der Waals surface area contributed by atoms with Crippen LogP contribution < -0.4 is 55.4 Å². The lowest BCUT2D eigenvalue weighted by molar-refractivity contribution is -0.0162. The fourth-order valence-corrected chi connectivity index (χ4v) is 24.1. The molecule has 12 atom stereocenters. The van der Waals surface area contributed by atoms with E-state index in [0.29, 0.717) is 0 Å². The van der Waals surface area contributed by atoms with Crippen molar-refractivity contribution in [2.45, 2.75) is 154 Å². The van der Waals surface area contributed by atoms with Crippen LogP contribution in [0.1, 0.15) is 119 Å². The maximum atomic E-state index is 14.8. The highest BCUT2D eigenvalue weighted by Crippen LogP contribution is 2.43. The second-order valence-electron chi connectivity index (χ2n) is 27.1. The van der Waals surface area contributed by atoms with Gasteiger partial charge < -0.3 is 28.5 Å². The van der Waals surface area contributed by atoms with E-state index in [2.05, 4.69) is 40.7 Å². The van der Waals surface area contributed by atoms with Crippen molar-refractivity contribution in [1.29, 1.82) is 0 Å². The smallest absolute Gasteiger partial charge is 0.330 e. The normalized spacial score (nSPS) is 25.0.